The quantitative estimate of drug-likeness (QED) is 0.753. The molecule has 19 heavy (non-hydrogen) atoms. The first kappa shape index (κ1) is 15.7. The van der Waals surface area contributed by atoms with Gasteiger partial charge in [0, 0.05) is 24.1 Å². The maximum Gasteiger partial charge on any atom is 0.258 e. The predicted octanol–water partition coefficient (Wildman–Crippen LogP) is 2.91. The Balaban J connectivity index is 3.35. The van der Waals surface area contributed by atoms with Gasteiger partial charge in [0.25, 0.3) is 5.91 Å². The van der Waals surface area contributed by atoms with Gasteiger partial charge in [-0.2, -0.15) is 0 Å². The van der Waals surface area contributed by atoms with Gasteiger partial charge in [-0.25, -0.2) is 0 Å². The van der Waals surface area contributed by atoms with Crippen molar-refractivity contribution in [3.63, 3.8) is 0 Å². The molecule has 0 N–H and O–H groups in total. The highest BCUT2D eigenvalue weighted by atomic mass is 32.2. The van der Waals surface area contributed by atoms with Gasteiger partial charge < -0.3 is 14.4 Å². The van der Waals surface area contributed by atoms with Crippen LogP contribution in [0, 0.1) is 0 Å². The van der Waals surface area contributed by atoms with Crippen LogP contribution in [0.2, 0.25) is 0 Å². The Bertz CT molecular complexity index is 419. The van der Waals surface area contributed by atoms with Crippen molar-refractivity contribution in [1.29, 1.82) is 0 Å². The first-order valence-electron chi connectivity index (χ1n) is 6.22. The second-order valence-corrected chi connectivity index (χ2v) is 4.73. The Labute approximate surface area is 119 Å². The van der Waals surface area contributed by atoms with Gasteiger partial charge in [0.05, 0.1) is 19.8 Å². The van der Waals surface area contributed by atoms with Crippen molar-refractivity contribution in [2.24, 2.45) is 0 Å². The third kappa shape index (κ3) is 3.35. The number of ether oxygens (including phenoxy) is 2. The molecular formula is C14H21NO3S. The number of nitrogens with zero attached hydrogens (tertiary/aromatic N) is 1. The number of methoxy groups -OCH3 is 2. The molecule has 0 aromatic heterocycles. The van der Waals surface area contributed by atoms with Gasteiger partial charge >= 0.3 is 0 Å². The molecule has 0 fully saturated rings. The summed E-state index contributed by atoms with van der Waals surface area (Å²) in [6, 6.07) is 3.61. The summed E-state index contributed by atoms with van der Waals surface area (Å²) in [7, 11) is 3.17. The normalized spacial score (nSPS) is 10.2. The maximum atomic E-state index is 12.6. The molecule has 1 amide bonds. The fraction of sp³-hybridized carbons (Fsp3) is 0.500. The van der Waals surface area contributed by atoms with E-state index in [0.717, 1.165) is 4.90 Å². The molecule has 1 aromatic carbocycles. The van der Waals surface area contributed by atoms with E-state index in [4.69, 9.17) is 9.47 Å². The highest BCUT2D eigenvalue weighted by Crippen LogP contribution is 2.34. The van der Waals surface area contributed by atoms with Gasteiger partial charge in [0.1, 0.15) is 11.5 Å². The van der Waals surface area contributed by atoms with Crippen molar-refractivity contribution in [3.8, 4) is 11.5 Å². The molecule has 1 rings (SSSR count). The van der Waals surface area contributed by atoms with Gasteiger partial charge in [-0.05, 0) is 26.2 Å². The Morgan fingerprint density at radius 2 is 1.84 bits per heavy atom. The van der Waals surface area contributed by atoms with E-state index in [1.165, 1.54) is 11.8 Å². The van der Waals surface area contributed by atoms with E-state index in [0.29, 0.717) is 30.2 Å². The zero-order chi connectivity index (χ0) is 14.4. The van der Waals surface area contributed by atoms with Crippen LogP contribution in [0.25, 0.3) is 0 Å². The summed E-state index contributed by atoms with van der Waals surface area (Å²) in [5, 5.41) is 0. The van der Waals surface area contributed by atoms with Gasteiger partial charge in [0.15, 0.2) is 0 Å². The summed E-state index contributed by atoms with van der Waals surface area (Å²) in [5.74, 6) is 1.24. The van der Waals surface area contributed by atoms with Crippen LogP contribution < -0.4 is 9.47 Å². The standard InChI is InChI=1S/C14H21NO3S/c1-6-15(7-2)14(16)13-11(18-4)8-10(17-3)9-12(13)19-5/h8-9H,6-7H2,1-5H3. The number of hydrogen-bond acceptors (Lipinski definition) is 4. The minimum atomic E-state index is -0.00569. The SMILES string of the molecule is CCN(CC)C(=O)c1c(OC)cc(OC)cc1SC. The zero-order valence-corrected chi connectivity index (χ0v) is 13.0. The van der Waals surface area contributed by atoms with E-state index < -0.39 is 0 Å². The lowest BCUT2D eigenvalue weighted by molar-refractivity contribution is 0.0766. The number of carbonyl (C=O) groups excluding carboxylic acids is 1. The van der Waals surface area contributed by atoms with Crippen molar-refractivity contribution in [2.75, 3.05) is 33.6 Å². The lowest BCUT2D eigenvalue weighted by atomic mass is 10.1. The second kappa shape index (κ2) is 7.28. The van der Waals surface area contributed by atoms with Crippen molar-refractivity contribution in [2.45, 2.75) is 18.7 Å². The fourth-order valence-corrected chi connectivity index (χ4v) is 2.51. The molecule has 0 bridgehead atoms. The van der Waals surface area contributed by atoms with E-state index in [1.807, 2.05) is 26.2 Å². The van der Waals surface area contributed by atoms with Crippen LogP contribution in [0.5, 0.6) is 11.5 Å². The smallest absolute Gasteiger partial charge is 0.258 e. The monoisotopic (exact) mass is 283 g/mol. The minimum absolute atomic E-state index is 0.00569. The summed E-state index contributed by atoms with van der Waals surface area (Å²) in [6.07, 6.45) is 1.94. The molecule has 106 valence electrons. The number of benzene rings is 1. The minimum Gasteiger partial charge on any atom is -0.497 e. The fourth-order valence-electron chi connectivity index (χ4n) is 1.89. The molecule has 0 aliphatic carbocycles. The molecule has 0 saturated carbocycles. The van der Waals surface area contributed by atoms with Crippen molar-refractivity contribution in [1.82, 2.24) is 4.90 Å². The summed E-state index contributed by atoms with van der Waals surface area (Å²) in [5.41, 5.74) is 0.611. The van der Waals surface area contributed by atoms with Gasteiger partial charge in [-0.1, -0.05) is 0 Å². The Morgan fingerprint density at radius 3 is 2.26 bits per heavy atom. The van der Waals surface area contributed by atoms with E-state index in [2.05, 4.69) is 0 Å². The van der Waals surface area contributed by atoms with Crippen LogP contribution in [-0.2, 0) is 0 Å². The largest absolute Gasteiger partial charge is 0.497 e. The van der Waals surface area contributed by atoms with E-state index in [-0.39, 0.29) is 5.91 Å². The first-order chi connectivity index (χ1) is 9.12. The molecule has 0 spiro atoms. The first-order valence-corrected chi connectivity index (χ1v) is 7.44. The average Bonchev–Trinajstić information content (AvgIpc) is 2.46. The molecule has 0 aliphatic heterocycles. The van der Waals surface area contributed by atoms with Crippen LogP contribution in [0.15, 0.2) is 17.0 Å². The van der Waals surface area contributed by atoms with Gasteiger partial charge in [-0.15, -0.1) is 11.8 Å². The summed E-state index contributed by atoms with van der Waals surface area (Å²) in [4.78, 5) is 15.2. The molecule has 0 radical (unpaired) electrons. The third-order valence-corrected chi connectivity index (χ3v) is 3.74. The van der Waals surface area contributed by atoms with E-state index >= 15 is 0 Å². The summed E-state index contributed by atoms with van der Waals surface area (Å²) in [6.45, 7) is 5.29. The van der Waals surface area contributed by atoms with Crippen LogP contribution >= 0.6 is 11.8 Å². The summed E-state index contributed by atoms with van der Waals surface area (Å²) < 4.78 is 10.6. The van der Waals surface area contributed by atoms with Crippen LogP contribution in [0.1, 0.15) is 24.2 Å². The van der Waals surface area contributed by atoms with Gasteiger partial charge in [0.2, 0.25) is 0 Å². The summed E-state index contributed by atoms with van der Waals surface area (Å²) >= 11 is 1.51. The number of rotatable bonds is 6. The Morgan fingerprint density at radius 1 is 1.21 bits per heavy atom. The molecule has 1 aromatic rings. The topological polar surface area (TPSA) is 38.8 Å². The molecule has 0 aliphatic rings. The molecule has 5 heteroatoms. The Hall–Kier alpha value is -1.36. The second-order valence-electron chi connectivity index (χ2n) is 3.88. The number of thioether (sulfide) groups is 1. The number of hydrogen-bond donors (Lipinski definition) is 0. The lowest BCUT2D eigenvalue weighted by Crippen LogP contribution is -2.31. The third-order valence-electron chi connectivity index (χ3n) is 2.98. The van der Waals surface area contributed by atoms with Crippen LogP contribution in [0.3, 0.4) is 0 Å². The highest BCUT2D eigenvalue weighted by Gasteiger charge is 2.22. The van der Waals surface area contributed by atoms with E-state index in [9.17, 15) is 4.79 Å². The molecular weight excluding hydrogens is 262 g/mol. The average molecular weight is 283 g/mol. The molecule has 0 saturated heterocycles. The van der Waals surface area contributed by atoms with E-state index in [1.54, 1.807) is 25.2 Å². The van der Waals surface area contributed by atoms with Crippen molar-refractivity contribution < 1.29 is 14.3 Å². The predicted molar refractivity (Wildman–Crippen MR) is 78.6 cm³/mol. The van der Waals surface area contributed by atoms with Crippen LogP contribution in [0.4, 0.5) is 0 Å². The van der Waals surface area contributed by atoms with Gasteiger partial charge in [-0.3, -0.25) is 4.79 Å². The number of carbonyl (C=O) groups is 1. The van der Waals surface area contributed by atoms with Crippen LogP contribution in [-0.4, -0.2) is 44.4 Å². The lowest BCUT2D eigenvalue weighted by Gasteiger charge is -2.22. The molecule has 0 atom stereocenters. The zero-order valence-electron chi connectivity index (χ0n) is 12.1. The highest BCUT2D eigenvalue weighted by molar-refractivity contribution is 7.98. The Kier molecular flexibility index (Phi) is 6.02. The maximum absolute atomic E-state index is 12.6. The molecule has 4 nitrogen and oxygen atoms in total. The molecule has 0 unspecified atom stereocenters. The number of amides is 1. The van der Waals surface area contributed by atoms with Crippen molar-refractivity contribution >= 4 is 17.7 Å². The molecule has 0 heterocycles. The van der Waals surface area contributed by atoms with Crippen molar-refractivity contribution in [3.05, 3.63) is 17.7 Å².